The third kappa shape index (κ3) is 2.78. The minimum atomic E-state index is -0.812. The molecule has 0 aromatic heterocycles. The van der Waals surface area contributed by atoms with Gasteiger partial charge < -0.3 is 24.6 Å². The maximum Gasteiger partial charge on any atom is 0.309 e. The zero-order valence-corrected chi connectivity index (χ0v) is 13.8. The Kier molecular flexibility index (Phi) is 3.97. The van der Waals surface area contributed by atoms with E-state index in [2.05, 4.69) is 5.32 Å². The molecular weight excluding hydrogens is 322 g/mol. The Bertz CT molecular complexity index is 789. The van der Waals surface area contributed by atoms with Gasteiger partial charge in [-0.2, -0.15) is 0 Å². The van der Waals surface area contributed by atoms with Gasteiger partial charge in [0.05, 0.1) is 13.0 Å². The van der Waals surface area contributed by atoms with Gasteiger partial charge in [0.25, 0.3) is 0 Å². The number of aliphatic carboxylic acids is 1. The molecule has 6 heteroatoms. The molecule has 0 saturated carbocycles. The number of benzene rings is 2. The molecule has 25 heavy (non-hydrogen) atoms. The molecule has 2 unspecified atom stereocenters. The molecule has 3 atom stereocenters. The van der Waals surface area contributed by atoms with E-state index in [0.717, 1.165) is 16.9 Å². The van der Waals surface area contributed by atoms with Crippen LogP contribution in [0.4, 0.5) is 0 Å². The molecule has 0 aliphatic carbocycles. The topological polar surface area (TPSA) is 77.0 Å². The Morgan fingerprint density at radius 2 is 1.84 bits per heavy atom. The van der Waals surface area contributed by atoms with Gasteiger partial charge in [0.15, 0.2) is 11.5 Å². The number of ether oxygens (including phenoxy) is 3. The standard InChI is InChI=1S/C19H19NO5/c1-23-13-5-2-11(3-6-13)18-17(19(21)22)14(9-20-18)12-4-7-15-16(8-12)25-10-24-15/h2-8,14,17-18,20H,9-10H2,1H3,(H,21,22)/t14?,17-,18?/m1/s1. The fourth-order valence-corrected chi connectivity index (χ4v) is 3.66. The summed E-state index contributed by atoms with van der Waals surface area (Å²) >= 11 is 0. The lowest BCUT2D eigenvalue weighted by molar-refractivity contribution is -0.142. The van der Waals surface area contributed by atoms with Crippen LogP contribution in [0.2, 0.25) is 0 Å². The van der Waals surface area contributed by atoms with Crippen LogP contribution < -0.4 is 19.5 Å². The van der Waals surface area contributed by atoms with Crippen molar-refractivity contribution >= 4 is 5.97 Å². The zero-order valence-electron chi connectivity index (χ0n) is 13.8. The summed E-state index contributed by atoms with van der Waals surface area (Å²) in [5.74, 6) is 0.616. The molecule has 4 rings (SSSR count). The van der Waals surface area contributed by atoms with Gasteiger partial charge in [-0.1, -0.05) is 18.2 Å². The van der Waals surface area contributed by atoms with Crippen molar-refractivity contribution in [2.24, 2.45) is 5.92 Å². The molecule has 2 heterocycles. The number of fused-ring (bicyclic) bond motifs is 1. The van der Waals surface area contributed by atoms with E-state index in [4.69, 9.17) is 14.2 Å². The monoisotopic (exact) mass is 341 g/mol. The molecule has 6 nitrogen and oxygen atoms in total. The summed E-state index contributed by atoms with van der Waals surface area (Å²) < 4.78 is 15.9. The van der Waals surface area contributed by atoms with E-state index in [1.54, 1.807) is 7.11 Å². The van der Waals surface area contributed by atoms with Gasteiger partial charge in [0.2, 0.25) is 6.79 Å². The molecule has 0 amide bonds. The Hall–Kier alpha value is -2.73. The normalized spacial score (nSPS) is 24.3. The lowest BCUT2D eigenvalue weighted by Crippen LogP contribution is -2.25. The first-order valence-corrected chi connectivity index (χ1v) is 8.17. The number of carboxylic acid groups (broad SMARTS) is 1. The van der Waals surface area contributed by atoms with E-state index in [1.165, 1.54) is 0 Å². The summed E-state index contributed by atoms with van der Waals surface area (Å²) in [7, 11) is 1.61. The highest BCUT2D eigenvalue weighted by molar-refractivity contribution is 5.73. The Labute approximate surface area is 145 Å². The van der Waals surface area contributed by atoms with E-state index >= 15 is 0 Å². The number of rotatable bonds is 4. The minimum absolute atomic E-state index is 0.140. The first-order chi connectivity index (χ1) is 12.2. The van der Waals surface area contributed by atoms with Crippen LogP contribution in [0.1, 0.15) is 23.1 Å². The number of carboxylic acids is 1. The van der Waals surface area contributed by atoms with Crippen molar-refractivity contribution in [3.63, 3.8) is 0 Å². The molecule has 2 aromatic rings. The Morgan fingerprint density at radius 1 is 1.12 bits per heavy atom. The molecule has 0 spiro atoms. The molecule has 1 fully saturated rings. The van der Waals surface area contributed by atoms with Crippen LogP contribution in [0.15, 0.2) is 42.5 Å². The van der Waals surface area contributed by atoms with E-state index in [9.17, 15) is 9.90 Å². The van der Waals surface area contributed by atoms with Crippen molar-refractivity contribution in [2.45, 2.75) is 12.0 Å². The molecule has 2 aliphatic heterocycles. The first-order valence-electron chi connectivity index (χ1n) is 8.17. The van der Waals surface area contributed by atoms with Crippen molar-refractivity contribution in [1.29, 1.82) is 0 Å². The first kappa shape index (κ1) is 15.8. The summed E-state index contributed by atoms with van der Waals surface area (Å²) in [6.07, 6.45) is 0. The minimum Gasteiger partial charge on any atom is -0.497 e. The maximum absolute atomic E-state index is 12.0. The SMILES string of the molecule is COc1ccc(C2NCC(c3ccc4c(c3)OCO4)[C@H]2C(=O)O)cc1. The Morgan fingerprint density at radius 3 is 2.56 bits per heavy atom. The number of nitrogens with one attached hydrogen (secondary N) is 1. The molecular formula is C19H19NO5. The molecule has 2 aliphatic rings. The summed E-state index contributed by atoms with van der Waals surface area (Å²) in [6, 6.07) is 12.9. The van der Waals surface area contributed by atoms with Crippen molar-refractivity contribution in [3.8, 4) is 17.2 Å². The van der Waals surface area contributed by atoms with Crippen LogP contribution in [-0.4, -0.2) is 31.5 Å². The summed E-state index contributed by atoms with van der Waals surface area (Å²) in [6.45, 7) is 0.797. The smallest absolute Gasteiger partial charge is 0.309 e. The van der Waals surface area contributed by atoms with Crippen LogP contribution >= 0.6 is 0 Å². The predicted octanol–water partition coefficient (Wildman–Crippen LogP) is 2.55. The summed E-state index contributed by atoms with van der Waals surface area (Å²) in [4.78, 5) is 12.0. The van der Waals surface area contributed by atoms with E-state index < -0.39 is 11.9 Å². The molecule has 2 N–H and O–H groups in total. The largest absolute Gasteiger partial charge is 0.497 e. The Balaban J connectivity index is 1.64. The fraction of sp³-hybridized carbons (Fsp3) is 0.316. The van der Waals surface area contributed by atoms with Crippen LogP contribution in [0.25, 0.3) is 0 Å². The molecule has 1 saturated heterocycles. The van der Waals surface area contributed by atoms with Gasteiger partial charge in [0.1, 0.15) is 5.75 Å². The van der Waals surface area contributed by atoms with E-state index in [1.807, 2.05) is 42.5 Å². The van der Waals surface area contributed by atoms with Gasteiger partial charge >= 0.3 is 5.97 Å². The maximum atomic E-state index is 12.0. The highest BCUT2D eigenvalue weighted by atomic mass is 16.7. The average molecular weight is 341 g/mol. The number of hydrogen-bond acceptors (Lipinski definition) is 5. The average Bonchev–Trinajstić information content (AvgIpc) is 3.27. The highest BCUT2D eigenvalue weighted by Crippen LogP contribution is 2.43. The van der Waals surface area contributed by atoms with Gasteiger partial charge in [-0.05, 0) is 35.4 Å². The van der Waals surface area contributed by atoms with Gasteiger partial charge in [-0.15, -0.1) is 0 Å². The third-order valence-corrected chi connectivity index (χ3v) is 4.94. The number of hydrogen-bond donors (Lipinski definition) is 2. The number of carbonyl (C=O) groups is 1. The predicted molar refractivity (Wildman–Crippen MR) is 90.2 cm³/mol. The van der Waals surface area contributed by atoms with E-state index in [-0.39, 0.29) is 18.8 Å². The number of methoxy groups -OCH3 is 1. The second kappa shape index (κ2) is 6.29. The zero-order chi connectivity index (χ0) is 17.4. The van der Waals surface area contributed by atoms with Crippen molar-refractivity contribution in [3.05, 3.63) is 53.6 Å². The summed E-state index contributed by atoms with van der Waals surface area (Å²) in [5, 5.41) is 13.2. The second-order valence-electron chi connectivity index (χ2n) is 6.24. The fourth-order valence-electron chi connectivity index (χ4n) is 3.66. The van der Waals surface area contributed by atoms with Crippen molar-refractivity contribution in [2.75, 3.05) is 20.4 Å². The third-order valence-electron chi connectivity index (χ3n) is 4.94. The van der Waals surface area contributed by atoms with Gasteiger partial charge in [-0.3, -0.25) is 4.79 Å². The molecule has 0 bridgehead atoms. The summed E-state index contributed by atoms with van der Waals surface area (Å²) in [5.41, 5.74) is 1.89. The van der Waals surface area contributed by atoms with Crippen LogP contribution in [0.5, 0.6) is 17.2 Å². The van der Waals surface area contributed by atoms with Crippen LogP contribution in [0.3, 0.4) is 0 Å². The molecule has 0 radical (unpaired) electrons. The lowest BCUT2D eigenvalue weighted by Gasteiger charge is -2.21. The quantitative estimate of drug-likeness (QED) is 0.890. The van der Waals surface area contributed by atoms with Crippen molar-refractivity contribution in [1.82, 2.24) is 5.32 Å². The second-order valence-corrected chi connectivity index (χ2v) is 6.24. The van der Waals surface area contributed by atoms with Crippen LogP contribution in [0, 0.1) is 5.92 Å². The lowest BCUT2D eigenvalue weighted by atomic mass is 9.83. The van der Waals surface area contributed by atoms with E-state index in [0.29, 0.717) is 18.0 Å². The van der Waals surface area contributed by atoms with Crippen LogP contribution in [-0.2, 0) is 4.79 Å². The molecule has 2 aromatic carbocycles. The van der Waals surface area contributed by atoms with Gasteiger partial charge in [0, 0.05) is 18.5 Å². The molecule has 130 valence electrons. The van der Waals surface area contributed by atoms with Crippen molar-refractivity contribution < 1.29 is 24.1 Å². The van der Waals surface area contributed by atoms with Gasteiger partial charge in [-0.25, -0.2) is 0 Å². The highest BCUT2D eigenvalue weighted by Gasteiger charge is 2.42.